The second-order valence-corrected chi connectivity index (χ2v) is 3.25. The Balaban J connectivity index is 2.50. The largest absolute Gasteiger partial charge is 0.277 e. The summed E-state index contributed by atoms with van der Waals surface area (Å²) in [5.41, 5.74) is 3.47. The van der Waals surface area contributed by atoms with E-state index in [-0.39, 0.29) is 11.8 Å². The van der Waals surface area contributed by atoms with E-state index in [1.807, 2.05) is 37.3 Å². The molecule has 0 bridgehead atoms. The number of benzene rings is 1. The van der Waals surface area contributed by atoms with E-state index in [0.717, 1.165) is 0 Å². The lowest BCUT2D eigenvalue weighted by molar-refractivity contribution is -0.131. The van der Waals surface area contributed by atoms with Gasteiger partial charge in [0, 0.05) is 6.42 Å². The van der Waals surface area contributed by atoms with Crippen molar-refractivity contribution in [3.63, 3.8) is 0 Å². The first kappa shape index (κ1) is 10.7. The van der Waals surface area contributed by atoms with Gasteiger partial charge in [0.25, 0.3) is 0 Å². The number of hydrogen-bond donors (Lipinski definition) is 1. The number of hydroxylamine groups is 1. The van der Waals surface area contributed by atoms with Crippen LogP contribution < -0.4 is 5.48 Å². The van der Waals surface area contributed by atoms with Crippen LogP contribution in [0.1, 0.15) is 24.8 Å². The molecule has 0 radical (unpaired) electrons. The molecular weight excluding hydrogens is 178 g/mol. The van der Waals surface area contributed by atoms with E-state index in [4.69, 9.17) is 0 Å². The Morgan fingerprint density at radius 1 is 1.43 bits per heavy atom. The zero-order valence-corrected chi connectivity index (χ0v) is 8.49. The minimum Gasteiger partial charge on any atom is -0.277 e. The molecule has 0 aliphatic carbocycles. The lowest BCUT2D eigenvalue weighted by atomic mass is 9.98. The first-order valence-electron chi connectivity index (χ1n) is 4.61. The van der Waals surface area contributed by atoms with Crippen molar-refractivity contribution in [3.05, 3.63) is 35.9 Å². The monoisotopic (exact) mass is 193 g/mol. The normalized spacial score (nSPS) is 12.1. The summed E-state index contributed by atoms with van der Waals surface area (Å²) in [6.07, 6.45) is 0.442. The first-order chi connectivity index (χ1) is 6.74. The third-order valence-electron chi connectivity index (χ3n) is 2.08. The molecule has 1 amide bonds. The van der Waals surface area contributed by atoms with Crippen molar-refractivity contribution in [3.8, 4) is 0 Å². The predicted molar refractivity (Wildman–Crippen MR) is 54.6 cm³/mol. The Bertz CT molecular complexity index is 285. The van der Waals surface area contributed by atoms with Crippen molar-refractivity contribution >= 4 is 5.91 Å². The molecule has 0 saturated heterocycles. The predicted octanol–water partition coefficient (Wildman–Crippen LogP) is 1.86. The topological polar surface area (TPSA) is 38.3 Å². The van der Waals surface area contributed by atoms with Gasteiger partial charge in [0.1, 0.15) is 0 Å². The fourth-order valence-corrected chi connectivity index (χ4v) is 1.33. The zero-order valence-electron chi connectivity index (χ0n) is 8.49. The van der Waals surface area contributed by atoms with E-state index in [1.54, 1.807) is 0 Å². The van der Waals surface area contributed by atoms with E-state index >= 15 is 0 Å². The molecule has 3 nitrogen and oxygen atoms in total. The van der Waals surface area contributed by atoms with Gasteiger partial charge in [-0.2, -0.15) is 0 Å². The maximum Gasteiger partial charge on any atom is 0.244 e. The average molecular weight is 193 g/mol. The van der Waals surface area contributed by atoms with Gasteiger partial charge < -0.3 is 0 Å². The molecule has 1 unspecified atom stereocenters. The van der Waals surface area contributed by atoms with E-state index in [9.17, 15) is 4.79 Å². The van der Waals surface area contributed by atoms with Gasteiger partial charge in [-0.05, 0) is 11.5 Å². The van der Waals surface area contributed by atoms with Crippen LogP contribution in [0.25, 0.3) is 0 Å². The number of carbonyl (C=O) groups is 1. The molecule has 0 aromatic heterocycles. The van der Waals surface area contributed by atoms with Crippen LogP contribution in [0.3, 0.4) is 0 Å². The number of nitrogens with one attached hydrogen (secondary N) is 1. The fourth-order valence-electron chi connectivity index (χ4n) is 1.33. The summed E-state index contributed by atoms with van der Waals surface area (Å²) in [6.45, 7) is 2.02. The van der Waals surface area contributed by atoms with Crippen molar-refractivity contribution in [1.82, 2.24) is 5.48 Å². The molecular formula is C11H15NO2. The molecule has 0 heterocycles. The molecule has 0 aliphatic rings. The van der Waals surface area contributed by atoms with Crippen molar-refractivity contribution in [2.24, 2.45) is 0 Å². The molecule has 1 aromatic carbocycles. The second kappa shape index (κ2) is 5.40. The third kappa shape index (κ3) is 3.18. The molecule has 1 aromatic rings. The lowest BCUT2D eigenvalue weighted by Gasteiger charge is -2.10. The maximum atomic E-state index is 11.2. The van der Waals surface area contributed by atoms with Crippen LogP contribution in [-0.4, -0.2) is 13.0 Å². The molecule has 0 saturated carbocycles. The van der Waals surface area contributed by atoms with Crippen molar-refractivity contribution in [2.75, 3.05) is 7.11 Å². The van der Waals surface area contributed by atoms with Gasteiger partial charge in [-0.3, -0.25) is 9.63 Å². The van der Waals surface area contributed by atoms with Crippen LogP contribution in [0.2, 0.25) is 0 Å². The summed E-state index contributed by atoms with van der Waals surface area (Å²) in [5, 5.41) is 0. The quantitative estimate of drug-likeness (QED) is 0.741. The van der Waals surface area contributed by atoms with E-state index in [2.05, 4.69) is 10.3 Å². The molecule has 0 aliphatic heterocycles. The molecule has 14 heavy (non-hydrogen) atoms. The average Bonchev–Trinajstić information content (AvgIpc) is 2.19. The van der Waals surface area contributed by atoms with Crippen molar-refractivity contribution in [2.45, 2.75) is 19.3 Å². The minimum absolute atomic E-state index is 0.0937. The molecule has 3 heteroatoms. The van der Waals surface area contributed by atoms with E-state index in [0.29, 0.717) is 6.42 Å². The molecule has 1 N–H and O–H groups in total. The summed E-state index contributed by atoms with van der Waals surface area (Å²) in [6, 6.07) is 9.95. The van der Waals surface area contributed by atoms with Crippen LogP contribution in [0.4, 0.5) is 0 Å². The van der Waals surface area contributed by atoms with Gasteiger partial charge in [-0.25, -0.2) is 5.48 Å². The number of hydrogen-bond acceptors (Lipinski definition) is 2. The van der Waals surface area contributed by atoms with Crippen LogP contribution in [0, 0.1) is 0 Å². The summed E-state index contributed by atoms with van der Waals surface area (Å²) in [5.74, 6) is 0.121. The standard InChI is InChI=1S/C11H15NO2/c1-9(8-11(13)12-14-2)10-6-4-3-5-7-10/h3-7,9H,8H2,1-2H3,(H,12,13). The highest BCUT2D eigenvalue weighted by molar-refractivity contribution is 5.75. The number of rotatable bonds is 4. The van der Waals surface area contributed by atoms with E-state index < -0.39 is 0 Å². The lowest BCUT2D eigenvalue weighted by Crippen LogP contribution is -2.23. The van der Waals surface area contributed by atoms with Crippen LogP contribution >= 0.6 is 0 Å². The Hall–Kier alpha value is -1.35. The minimum atomic E-state index is -0.0937. The smallest absolute Gasteiger partial charge is 0.244 e. The number of carbonyl (C=O) groups excluding carboxylic acids is 1. The van der Waals surface area contributed by atoms with Gasteiger partial charge >= 0.3 is 0 Å². The third-order valence-corrected chi connectivity index (χ3v) is 2.08. The Morgan fingerprint density at radius 3 is 2.64 bits per heavy atom. The second-order valence-electron chi connectivity index (χ2n) is 3.25. The van der Waals surface area contributed by atoms with Gasteiger partial charge in [-0.1, -0.05) is 37.3 Å². The fraction of sp³-hybridized carbons (Fsp3) is 0.364. The summed E-state index contributed by atoms with van der Waals surface area (Å²) < 4.78 is 0. The maximum absolute atomic E-state index is 11.2. The highest BCUT2D eigenvalue weighted by Crippen LogP contribution is 2.17. The van der Waals surface area contributed by atoms with E-state index in [1.165, 1.54) is 12.7 Å². The summed E-state index contributed by atoms with van der Waals surface area (Å²) >= 11 is 0. The van der Waals surface area contributed by atoms with Crippen LogP contribution in [-0.2, 0) is 9.63 Å². The van der Waals surface area contributed by atoms with Crippen LogP contribution in [0.15, 0.2) is 30.3 Å². The van der Waals surface area contributed by atoms with Crippen molar-refractivity contribution in [1.29, 1.82) is 0 Å². The Labute approximate surface area is 84.0 Å². The number of amides is 1. The first-order valence-corrected chi connectivity index (χ1v) is 4.61. The summed E-state index contributed by atoms with van der Waals surface area (Å²) in [4.78, 5) is 15.7. The highest BCUT2D eigenvalue weighted by Gasteiger charge is 2.09. The SMILES string of the molecule is CONC(=O)CC(C)c1ccccc1. The molecule has 1 rings (SSSR count). The van der Waals surface area contributed by atoms with Gasteiger partial charge in [-0.15, -0.1) is 0 Å². The molecule has 1 atom stereocenters. The Morgan fingerprint density at radius 2 is 2.07 bits per heavy atom. The molecule has 0 spiro atoms. The van der Waals surface area contributed by atoms with Gasteiger partial charge in [0.15, 0.2) is 0 Å². The Kier molecular flexibility index (Phi) is 4.13. The van der Waals surface area contributed by atoms with Crippen LogP contribution in [0.5, 0.6) is 0 Å². The highest BCUT2D eigenvalue weighted by atomic mass is 16.6. The summed E-state index contributed by atoms with van der Waals surface area (Å²) in [7, 11) is 1.44. The van der Waals surface area contributed by atoms with Gasteiger partial charge in [0.2, 0.25) is 5.91 Å². The zero-order chi connectivity index (χ0) is 10.4. The molecule has 76 valence electrons. The van der Waals surface area contributed by atoms with Gasteiger partial charge in [0.05, 0.1) is 7.11 Å². The van der Waals surface area contributed by atoms with Crippen molar-refractivity contribution < 1.29 is 9.63 Å². The molecule has 0 fully saturated rings.